The number of aromatic nitrogens is 2. The average molecular weight is 441 g/mol. The van der Waals surface area contributed by atoms with Gasteiger partial charge in [0.1, 0.15) is 10.8 Å². The highest BCUT2D eigenvalue weighted by atomic mass is 32.1. The van der Waals surface area contributed by atoms with Crippen LogP contribution in [0, 0.1) is 0 Å². The van der Waals surface area contributed by atoms with Crippen molar-refractivity contribution in [2.45, 2.75) is 6.54 Å². The highest BCUT2D eigenvalue weighted by Gasteiger charge is 2.14. The molecule has 0 spiro atoms. The van der Waals surface area contributed by atoms with Crippen LogP contribution in [-0.2, 0) is 11.3 Å². The highest BCUT2D eigenvalue weighted by Crippen LogP contribution is 2.17. The number of hydrogen-bond acceptors (Lipinski definition) is 8. The Hall–Kier alpha value is -3.99. The summed E-state index contributed by atoms with van der Waals surface area (Å²) in [5.74, 6) is -0.228. The largest absolute Gasteiger partial charge is 0.497 e. The molecule has 160 valence electrons. The Labute approximate surface area is 181 Å². The van der Waals surface area contributed by atoms with E-state index >= 15 is 0 Å². The number of methoxy groups -OCH3 is 2. The van der Waals surface area contributed by atoms with Crippen molar-refractivity contribution in [3.8, 4) is 5.75 Å². The van der Waals surface area contributed by atoms with Gasteiger partial charge in [-0.15, -0.1) is 10.2 Å². The monoisotopic (exact) mass is 441 g/mol. The summed E-state index contributed by atoms with van der Waals surface area (Å²) in [6, 6.07) is 12.7. The smallest absolute Gasteiger partial charge is 0.337 e. The summed E-state index contributed by atoms with van der Waals surface area (Å²) < 4.78 is 9.73. The molecule has 0 unspecified atom stereocenters. The third-order valence-electron chi connectivity index (χ3n) is 3.95. The van der Waals surface area contributed by atoms with Gasteiger partial charge in [-0.1, -0.05) is 17.4 Å². The van der Waals surface area contributed by atoms with E-state index in [0.29, 0.717) is 27.7 Å². The van der Waals surface area contributed by atoms with E-state index in [0.717, 1.165) is 11.3 Å². The minimum atomic E-state index is -0.502. The van der Waals surface area contributed by atoms with Gasteiger partial charge in [0.25, 0.3) is 5.91 Å². The summed E-state index contributed by atoms with van der Waals surface area (Å²) in [5.41, 5.74) is 1.34. The van der Waals surface area contributed by atoms with Gasteiger partial charge in [0.2, 0.25) is 5.01 Å². The predicted octanol–water partition coefficient (Wildman–Crippen LogP) is 2.91. The van der Waals surface area contributed by atoms with Crippen molar-refractivity contribution in [2.24, 2.45) is 0 Å². The normalized spacial score (nSPS) is 10.1. The SMILES string of the molecule is COC(=O)c1cccc(NC(=O)NCc2nnc(C(=O)Nc3ccc(OC)cc3)s2)c1. The lowest BCUT2D eigenvalue weighted by Crippen LogP contribution is -2.28. The third kappa shape index (κ3) is 6.00. The zero-order valence-electron chi connectivity index (χ0n) is 16.7. The number of esters is 1. The second-order valence-corrected chi connectivity index (χ2v) is 7.13. The van der Waals surface area contributed by atoms with Crippen molar-refractivity contribution >= 4 is 40.6 Å². The van der Waals surface area contributed by atoms with Crippen LogP contribution in [0.1, 0.15) is 25.2 Å². The number of urea groups is 1. The van der Waals surface area contributed by atoms with Gasteiger partial charge in [0, 0.05) is 11.4 Å². The first-order valence-corrected chi connectivity index (χ1v) is 9.81. The third-order valence-corrected chi connectivity index (χ3v) is 4.87. The lowest BCUT2D eigenvalue weighted by Gasteiger charge is -2.07. The maximum absolute atomic E-state index is 12.3. The van der Waals surface area contributed by atoms with E-state index in [1.807, 2.05) is 0 Å². The fourth-order valence-corrected chi connectivity index (χ4v) is 3.12. The Morgan fingerprint density at radius 2 is 1.74 bits per heavy atom. The Balaban J connectivity index is 1.52. The second kappa shape index (κ2) is 10.2. The van der Waals surface area contributed by atoms with Gasteiger partial charge in [-0.3, -0.25) is 4.79 Å². The molecule has 0 fully saturated rings. The number of ether oxygens (including phenoxy) is 2. The fourth-order valence-electron chi connectivity index (χ4n) is 2.45. The van der Waals surface area contributed by atoms with Crippen molar-refractivity contribution < 1.29 is 23.9 Å². The van der Waals surface area contributed by atoms with Crippen LogP contribution in [0.2, 0.25) is 0 Å². The summed E-state index contributed by atoms with van der Waals surface area (Å²) in [6.07, 6.45) is 0. The highest BCUT2D eigenvalue weighted by molar-refractivity contribution is 7.13. The number of anilines is 2. The quantitative estimate of drug-likeness (QED) is 0.480. The van der Waals surface area contributed by atoms with Crippen LogP contribution in [0.15, 0.2) is 48.5 Å². The molecule has 0 atom stereocenters. The molecule has 3 rings (SSSR count). The number of amides is 3. The Morgan fingerprint density at radius 1 is 0.968 bits per heavy atom. The molecule has 31 heavy (non-hydrogen) atoms. The van der Waals surface area contributed by atoms with Crippen molar-refractivity contribution in [1.29, 1.82) is 0 Å². The molecule has 3 aromatic rings. The summed E-state index contributed by atoms with van der Waals surface area (Å²) >= 11 is 1.06. The van der Waals surface area contributed by atoms with Crippen LogP contribution in [-0.4, -0.2) is 42.3 Å². The molecule has 0 aliphatic rings. The molecule has 0 radical (unpaired) electrons. The van der Waals surface area contributed by atoms with Gasteiger partial charge in [0.05, 0.1) is 26.3 Å². The Morgan fingerprint density at radius 3 is 2.45 bits per heavy atom. The number of nitrogens with zero attached hydrogens (tertiary/aromatic N) is 2. The number of benzene rings is 2. The van der Waals surface area contributed by atoms with Gasteiger partial charge in [-0.2, -0.15) is 0 Å². The van der Waals surface area contributed by atoms with E-state index in [4.69, 9.17) is 4.74 Å². The molecule has 0 aliphatic heterocycles. The lowest BCUT2D eigenvalue weighted by molar-refractivity contribution is 0.0600. The van der Waals surface area contributed by atoms with Crippen molar-refractivity contribution in [1.82, 2.24) is 15.5 Å². The van der Waals surface area contributed by atoms with Crippen molar-refractivity contribution in [3.63, 3.8) is 0 Å². The molecule has 3 N–H and O–H groups in total. The molecule has 1 heterocycles. The Kier molecular flexibility index (Phi) is 7.12. The van der Waals surface area contributed by atoms with E-state index < -0.39 is 17.9 Å². The van der Waals surface area contributed by atoms with Crippen LogP contribution >= 0.6 is 11.3 Å². The summed E-state index contributed by atoms with van der Waals surface area (Å²) in [6.45, 7) is 0.0794. The van der Waals surface area contributed by atoms with Gasteiger partial charge in [0.15, 0.2) is 0 Å². The minimum absolute atomic E-state index is 0.0794. The molecule has 11 heteroatoms. The first kappa shape index (κ1) is 21.7. The maximum atomic E-state index is 12.3. The number of carbonyl (C=O) groups excluding carboxylic acids is 3. The van der Waals surface area contributed by atoms with Gasteiger partial charge < -0.3 is 25.4 Å². The fraction of sp³-hybridized carbons (Fsp3) is 0.150. The second-order valence-electron chi connectivity index (χ2n) is 6.06. The van der Waals surface area contributed by atoms with Gasteiger partial charge in [-0.05, 0) is 42.5 Å². The van der Waals surface area contributed by atoms with E-state index in [2.05, 4.69) is 30.9 Å². The maximum Gasteiger partial charge on any atom is 0.337 e. The lowest BCUT2D eigenvalue weighted by atomic mass is 10.2. The van der Waals surface area contributed by atoms with Crippen LogP contribution < -0.4 is 20.7 Å². The molecule has 3 amide bonds. The van der Waals surface area contributed by atoms with Crippen molar-refractivity contribution in [2.75, 3.05) is 24.9 Å². The zero-order chi connectivity index (χ0) is 22.2. The van der Waals surface area contributed by atoms with Crippen LogP contribution in [0.3, 0.4) is 0 Å². The average Bonchev–Trinajstić information content (AvgIpc) is 3.27. The molecule has 0 saturated heterocycles. The summed E-state index contributed by atoms with van der Waals surface area (Å²) in [7, 11) is 2.84. The van der Waals surface area contributed by atoms with E-state index in [-0.39, 0.29) is 11.6 Å². The zero-order valence-corrected chi connectivity index (χ0v) is 17.5. The molecule has 0 bridgehead atoms. The van der Waals surface area contributed by atoms with Crippen LogP contribution in [0.5, 0.6) is 5.75 Å². The van der Waals surface area contributed by atoms with Crippen LogP contribution in [0.25, 0.3) is 0 Å². The molecule has 0 aliphatic carbocycles. The summed E-state index contributed by atoms with van der Waals surface area (Å²) in [4.78, 5) is 36.0. The first-order chi connectivity index (χ1) is 15.0. The van der Waals surface area contributed by atoms with E-state index in [9.17, 15) is 14.4 Å². The number of rotatable bonds is 7. The van der Waals surface area contributed by atoms with Crippen LogP contribution in [0.4, 0.5) is 16.2 Å². The topological polar surface area (TPSA) is 132 Å². The van der Waals surface area contributed by atoms with E-state index in [1.165, 1.54) is 13.2 Å². The number of hydrogen-bond donors (Lipinski definition) is 3. The molecule has 2 aromatic carbocycles. The first-order valence-electron chi connectivity index (χ1n) is 8.99. The molecule has 10 nitrogen and oxygen atoms in total. The van der Waals surface area contributed by atoms with Gasteiger partial charge >= 0.3 is 12.0 Å². The molecule has 1 aromatic heterocycles. The number of carbonyl (C=O) groups is 3. The molecule has 0 saturated carbocycles. The van der Waals surface area contributed by atoms with Crippen molar-refractivity contribution in [3.05, 3.63) is 64.1 Å². The molecular weight excluding hydrogens is 422 g/mol. The molecular formula is C20H19N5O5S. The number of nitrogens with one attached hydrogen (secondary N) is 3. The minimum Gasteiger partial charge on any atom is -0.497 e. The summed E-state index contributed by atoms with van der Waals surface area (Å²) in [5, 5.41) is 16.3. The van der Waals surface area contributed by atoms with E-state index in [1.54, 1.807) is 49.6 Å². The van der Waals surface area contributed by atoms with Gasteiger partial charge in [-0.25, -0.2) is 9.59 Å². The Bertz CT molecular complexity index is 1080. The predicted molar refractivity (Wildman–Crippen MR) is 114 cm³/mol. The standard InChI is InChI=1S/C20H19N5O5S/c1-29-15-8-6-13(7-9-15)22-17(26)18-25-24-16(31-18)11-21-20(28)23-14-5-3-4-12(10-14)19(27)30-2/h3-10H,11H2,1-2H3,(H,22,26)(H2,21,23,28).